The van der Waals surface area contributed by atoms with Gasteiger partial charge in [0.25, 0.3) is 0 Å². The van der Waals surface area contributed by atoms with Gasteiger partial charge in [0.2, 0.25) is 0 Å². The lowest BCUT2D eigenvalue weighted by atomic mass is 9.67. The summed E-state index contributed by atoms with van der Waals surface area (Å²) >= 11 is 0. The predicted molar refractivity (Wildman–Crippen MR) is 340 cm³/mol. The average Bonchev–Trinajstić information content (AvgIpc) is 2.72. The first kappa shape index (κ1) is 63.3. The second kappa shape index (κ2) is 33.7. The summed E-state index contributed by atoms with van der Waals surface area (Å²) in [5.74, 6) is 6.47. The Balaban J connectivity index is 0.000000206. The van der Waals surface area contributed by atoms with Crippen LogP contribution in [0.5, 0.6) is 34.5 Å². The zero-order valence-electron chi connectivity index (χ0n) is 51.0. The molecule has 0 aliphatic heterocycles. The average molecular weight is 1170 g/mol. The summed E-state index contributed by atoms with van der Waals surface area (Å²) in [6, 6.07) is 58.2. The number of aliphatic hydroxyl groups excluding tert-OH is 1. The molecule has 0 heterocycles. The number of methoxy groups -OCH3 is 5. The van der Waals surface area contributed by atoms with Gasteiger partial charge in [0.1, 0.15) is 41.3 Å². The highest BCUT2D eigenvalue weighted by Gasteiger charge is 2.37. The highest BCUT2D eigenvalue weighted by molar-refractivity contribution is 5.89. The first-order valence-electron chi connectivity index (χ1n) is 30.7. The quantitative estimate of drug-likeness (QED) is 0.0341. The molecule has 86 heavy (non-hydrogen) atoms. The van der Waals surface area contributed by atoms with Crippen molar-refractivity contribution in [3.63, 3.8) is 0 Å². The summed E-state index contributed by atoms with van der Waals surface area (Å²) in [4.78, 5) is 0. The summed E-state index contributed by atoms with van der Waals surface area (Å²) in [6.45, 7) is 4.46. The van der Waals surface area contributed by atoms with Gasteiger partial charge < -0.3 is 57.2 Å². The molecule has 0 radical (unpaired) electrons. The zero-order chi connectivity index (χ0) is 59.7. The third-order valence-corrected chi connectivity index (χ3v) is 16.9. The number of ether oxygens (including phenoxy) is 11. The molecule has 6 atom stereocenters. The number of para-hydroxylation sites is 2. The Labute approximate surface area is 509 Å². The van der Waals surface area contributed by atoms with E-state index in [2.05, 4.69) is 97.1 Å². The molecule has 0 saturated heterocycles. The van der Waals surface area contributed by atoms with Crippen molar-refractivity contribution in [2.75, 3.05) is 75.4 Å². The monoisotopic (exact) mass is 1170 g/mol. The first-order chi connectivity index (χ1) is 42.4. The number of hydrogen-bond acceptors (Lipinski definition) is 12. The molecule has 10 rings (SSSR count). The van der Waals surface area contributed by atoms with Gasteiger partial charge in [-0.15, -0.1) is 0 Å². The summed E-state index contributed by atoms with van der Waals surface area (Å²) in [7, 11) is 8.48. The van der Waals surface area contributed by atoms with Gasteiger partial charge in [0.05, 0.1) is 86.9 Å². The third-order valence-electron chi connectivity index (χ3n) is 16.9. The van der Waals surface area contributed by atoms with Gasteiger partial charge in [-0.05, 0) is 150 Å². The SMILES string of the molecule is COCO[C@@H]1CCC[C@H](OCc2cc(OC)c3ccccc3c2)[C@H]1c1ccc(OCCCOCc2ccccc2OC)cc1.COc1ccccc1COCCCOc1ccc([C@@H]2[C@@H](CCc3cc(OC)c4ccccc4c3)CCC[C@H]2CO)cc1. The Kier molecular flexibility index (Phi) is 24.8. The standard InChI is InChI=1S/C37H44O7.C37H44O5/c1-38-26-44-35-15-8-14-34(43-24-27-22-29-10-4-6-12-32(29)36(23-27)40-3)37(35)28-16-18-31(19-17-28)42-21-9-20-41-25-30-11-5-7-13-33(30)39-2;1-39-35-14-6-4-10-32(35)26-41-21-8-22-42-33-19-17-29(18-20-33)37-28(11-7-12-31(37)25-38)16-15-27-23-30-9-3-5-13-34(30)36(24-27)40-2/h4-7,10-13,16-19,22-23,34-35,37H,8-9,14-15,20-21,24-26H2,1-3H3;3-6,9-10,13-14,17-20,23-24,28,31,37-38H,7-8,11-12,15-16,21-22,25-26H2,1-2H3/t34-,35+,37+;28-,31+,37+/m01/s1. The van der Waals surface area contributed by atoms with E-state index in [0.29, 0.717) is 64.0 Å². The van der Waals surface area contributed by atoms with E-state index >= 15 is 0 Å². The molecular weight excluding hydrogens is 1080 g/mol. The van der Waals surface area contributed by atoms with Gasteiger partial charge >= 0.3 is 0 Å². The van der Waals surface area contributed by atoms with E-state index in [1.165, 1.54) is 34.9 Å². The minimum absolute atomic E-state index is 0.00648. The molecule has 456 valence electrons. The van der Waals surface area contributed by atoms with Gasteiger partial charge in [0.15, 0.2) is 0 Å². The molecule has 2 aliphatic carbocycles. The maximum Gasteiger partial charge on any atom is 0.146 e. The van der Waals surface area contributed by atoms with Crippen LogP contribution in [0.3, 0.4) is 0 Å². The van der Waals surface area contributed by atoms with Crippen molar-refractivity contribution in [1.82, 2.24) is 0 Å². The highest BCUT2D eigenvalue weighted by atomic mass is 16.7. The van der Waals surface area contributed by atoms with E-state index in [-0.39, 0.29) is 31.5 Å². The first-order valence-corrected chi connectivity index (χ1v) is 30.7. The van der Waals surface area contributed by atoms with Crippen LogP contribution < -0.4 is 28.4 Å². The van der Waals surface area contributed by atoms with Crippen molar-refractivity contribution in [1.29, 1.82) is 0 Å². The van der Waals surface area contributed by atoms with Crippen molar-refractivity contribution in [2.24, 2.45) is 11.8 Å². The van der Waals surface area contributed by atoms with Crippen LogP contribution in [-0.4, -0.2) is 92.7 Å². The van der Waals surface area contributed by atoms with E-state index in [9.17, 15) is 5.11 Å². The lowest BCUT2D eigenvalue weighted by molar-refractivity contribution is -0.120. The highest BCUT2D eigenvalue weighted by Crippen LogP contribution is 2.45. The normalized spacial score (nSPS) is 18.4. The molecule has 0 bridgehead atoms. The predicted octanol–water partition coefficient (Wildman–Crippen LogP) is 15.7. The Morgan fingerprint density at radius 2 is 0.907 bits per heavy atom. The van der Waals surface area contributed by atoms with Crippen LogP contribution in [0.2, 0.25) is 0 Å². The number of fused-ring (bicyclic) bond motifs is 2. The van der Waals surface area contributed by atoms with Crippen LogP contribution in [-0.2, 0) is 49.9 Å². The van der Waals surface area contributed by atoms with Crippen LogP contribution >= 0.6 is 0 Å². The van der Waals surface area contributed by atoms with Gasteiger partial charge in [0, 0.05) is 54.4 Å². The maximum absolute atomic E-state index is 10.3. The van der Waals surface area contributed by atoms with E-state index in [1.807, 2.05) is 72.8 Å². The Bertz CT molecular complexity index is 3270. The third kappa shape index (κ3) is 17.5. The lowest BCUT2D eigenvalue weighted by Crippen LogP contribution is -2.38. The summed E-state index contributed by atoms with van der Waals surface area (Å²) < 4.78 is 64.0. The molecule has 0 amide bonds. The summed E-state index contributed by atoms with van der Waals surface area (Å²) in [6.07, 6.45) is 10.1. The molecule has 0 spiro atoms. The van der Waals surface area contributed by atoms with Gasteiger partial charge in [-0.25, -0.2) is 0 Å². The molecule has 2 aliphatic rings. The van der Waals surface area contributed by atoms with Crippen LogP contribution in [0.1, 0.15) is 103 Å². The summed E-state index contributed by atoms with van der Waals surface area (Å²) in [5.41, 5.74) is 6.99. The maximum atomic E-state index is 10.3. The van der Waals surface area contributed by atoms with Crippen LogP contribution in [0.15, 0.2) is 170 Å². The van der Waals surface area contributed by atoms with E-state index in [0.717, 1.165) is 119 Å². The van der Waals surface area contributed by atoms with E-state index in [4.69, 9.17) is 52.1 Å². The summed E-state index contributed by atoms with van der Waals surface area (Å²) in [5, 5.41) is 14.9. The molecule has 12 heteroatoms. The number of benzene rings is 8. The molecular formula is C74H88O12. The van der Waals surface area contributed by atoms with Crippen LogP contribution in [0.25, 0.3) is 21.5 Å². The van der Waals surface area contributed by atoms with Crippen molar-refractivity contribution < 1.29 is 57.2 Å². The minimum Gasteiger partial charge on any atom is -0.496 e. The number of rotatable bonds is 30. The van der Waals surface area contributed by atoms with E-state index in [1.54, 1.807) is 35.5 Å². The fourth-order valence-corrected chi connectivity index (χ4v) is 12.6. The Morgan fingerprint density at radius 3 is 1.45 bits per heavy atom. The van der Waals surface area contributed by atoms with Crippen molar-refractivity contribution in [3.05, 3.63) is 203 Å². The molecule has 8 aromatic rings. The minimum atomic E-state index is 0.00648. The smallest absolute Gasteiger partial charge is 0.146 e. The largest absolute Gasteiger partial charge is 0.496 e. The van der Waals surface area contributed by atoms with Gasteiger partial charge in [-0.2, -0.15) is 0 Å². The van der Waals surface area contributed by atoms with Gasteiger partial charge in [-0.1, -0.05) is 122 Å². The molecule has 2 fully saturated rings. The van der Waals surface area contributed by atoms with Crippen LogP contribution in [0, 0.1) is 11.8 Å². The second-order valence-corrected chi connectivity index (χ2v) is 22.4. The Hall–Kier alpha value is -7.16. The Morgan fingerprint density at radius 1 is 0.430 bits per heavy atom. The number of aryl methyl sites for hydroxylation is 1. The zero-order valence-corrected chi connectivity index (χ0v) is 51.0. The lowest BCUT2D eigenvalue weighted by Gasteiger charge is -2.38. The fourth-order valence-electron chi connectivity index (χ4n) is 12.6. The van der Waals surface area contributed by atoms with Gasteiger partial charge in [-0.3, -0.25) is 0 Å². The van der Waals surface area contributed by atoms with Crippen molar-refractivity contribution in [2.45, 2.75) is 108 Å². The molecule has 0 unspecified atom stereocenters. The fraction of sp³-hybridized carbons (Fsp3) is 0.405. The van der Waals surface area contributed by atoms with Crippen molar-refractivity contribution in [3.8, 4) is 34.5 Å². The molecule has 1 N–H and O–H groups in total. The topological polar surface area (TPSA) is 122 Å². The molecule has 12 nitrogen and oxygen atoms in total. The molecule has 8 aromatic carbocycles. The molecule has 0 aromatic heterocycles. The number of aliphatic hydroxyl groups is 1. The van der Waals surface area contributed by atoms with Crippen molar-refractivity contribution >= 4 is 21.5 Å². The van der Waals surface area contributed by atoms with Crippen LogP contribution in [0.4, 0.5) is 0 Å². The number of hydrogen-bond donors (Lipinski definition) is 1. The van der Waals surface area contributed by atoms with E-state index < -0.39 is 0 Å². The second-order valence-electron chi connectivity index (χ2n) is 22.4. The molecule has 2 saturated carbocycles.